The van der Waals surface area contributed by atoms with Gasteiger partial charge in [-0.15, -0.1) is 0 Å². The first-order chi connectivity index (χ1) is 9.09. The molecule has 1 saturated heterocycles. The number of nitrogens with one attached hydrogen (secondary N) is 1. The van der Waals surface area contributed by atoms with Crippen LogP contribution < -0.4 is 5.32 Å². The van der Waals surface area contributed by atoms with Gasteiger partial charge in [0.1, 0.15) is 0 Å². The van der Waals surface area contributed by atoms with Gasteiger partial charge in [-0.2, -0.15) is 5.26 Å². The van der Waals surface area contributed by atoms with Gasteiger partial charge < -0.3 is 5.32 Å². The van der Waals surface area contributed by atoms with Crippen molar-refractivity contribution >= 4 is 0 Å². The van der Waals surface area contributed by atoms with Crippen molar-refractivity contribution in [2.24, 2.45) is 5.41 Å². The maximum Gasteiger partial charge on any atom is 0.0683 e. The van der Waals surface area contributed by atoms with Gasteiger partial charge in [-0.1, -0.05) is 19.8 Å². The van der Waals surface area contributed by atoms with Crippen molar-refractivity contribution in [2.75, 3.05) is 26.2 Å². The Morgan fingerprint density at radius 2 is 2.11 bits per heavy atom. The molecule has 0 radical (unpaired) electrons. The van der Waals surface area contributed by atoms with Crippen LogP contribution in [0.4, 0.5) is 0 Å². The van der Waals surface area contributed by atoms with Gasteiger partial charge in [0.05, 0.1) is 11.5 Å². The summed E-state index contributed by atoms with van der Waals surface area (Å²) in [5.41, 5.74) is -0.148. The van der Waals surface area contributed by atoms with Gasteiger partial charge in [0.2, 0.25) is 0 Å². The molecule has 1 fully saturated rings. The van der Waals surface area contributed by atoms with E-state index in [-0.39, 0.29) is 5.41 Å². The van der Waals surface area contributed by atoms with Gasteiger partial charge in [-0.25, -0.2) is 0 Å². The fraction of sp³-hybridized carbons (Fsp3) is 0.938. The molecule has 1 aliphatic rings. The van der Waals surface area contributed by atoms with E-state index < -0.39 is 0 Å². The Bertz CT molecular complexity index is 280. The molecule has 3 heteroatoms. The molecule has 0 bridgehead atoms. The third-order valence-corrected chi connectivity index (χ3v) is 4.18. The van der Waals surface area contributed by atoms with Crippen LogP contribution in [0.25, 0.3) is 0 Å². The lowest BCUT2D eigenvalue weighted by Gasteiger charge is -2.36. The second kappa shape index (κ2) is 8.55. The van der Waals surface area contributed by atoms with Crippen LogP contribution in [0, 0.1) is 16.7 Å². The van der Waals surface area contributed by atoms with Gasteiger partial charge in [-0.05, 0) is 59.2 Å². The third kappa shape index (κ3) is 6.40. The molecule has 19 heavy (non-hydrogen) atoms. The molecule has 0 spiro atoms. The molecular weight excluding hydrogens is 234 g/mol. The Morgan fingerprint density at radius 1 is 1.32 bits per heavy atom. The maximum absolute atomic E-state index is 9.01. The van der Waals surface area contributed by atoms with Crippen LogP contribution in [0.5, 0.6) is 0 Å². The first kappa shape index (κ1) is 16.5. The second-order valence-corrected chi connectivity index (χ2v) is 6.45. The minimum absolute atomic E-state index is 0.148. The van der Waals surface area contributed by atoms with E-state index in [2.05, 4.69) is 23.2 Å². The van der Waals surface area contributed by atoms with Crippen molar-refractivity contribution < 1.29 is 0 Å². The largest absolute Gasteiger partial charge is 0.315 e. The number of piperidine rings is 1. The van der Waals surface area contributed by atoms with E-state index in [1.54, 1.807) is 0 Å². The molecule has 110 valence electrons. The molecule has 0 aromatic rings. The first-order valence-corrected chi connectivity index (χ1v) is 7.95. The number of likely N-dealkylation sites (N-methyl/N-ethyl adjacent to an activating group) is 1. The van der Waals surface area contributed by atoms with Crippen LogP contribution in [0.3, 0.4) is 0 Å². The molecule has 1 heterocycles. The molecule has 0 saturated carbocycles. The summed E-state index contributed by atoms with van der Waals surface area (Å²) < 4.78 is 0. The smallest absolute Gasteiger partial charge is 0.0683 e. The molecule has 0 amide bonds. The Morgan fingerprint density at radius 3 is 2.79 bits per heavy atom. The van der Waals surface area contributed by atoms with E-state index in [1.807, 2.05) is 13.8 Å². The van der Waals surface area contributed by atoms with Gasteiger partial charge in [0, 0.05) is 12.6 Å². The van der Waals surface area contributed by atoms with Crippen LogP contribution in [0.2, 0.25) is 0 Å². The van der Waals surface area contributed by atoms with Crippen molar-refractivity contribution in [2.45, 2.75) is 65.3 Å². The summed E-state index contributed by atoms with van der Waals surface area (Å²) in [7, 11) is 0. The molecule has 1 rings (SSSR count). The summed E-state index contributed by atoms with van der Waals surface area (Å²) in [6, 6.07) is 3.13. The lowest BCUT2D eigenvalue weighted by atomic mass is 9.89. The number of nitrogens with zero attached hydrogens (tertiary/aromatic N) is 2. The lowest BCUT2D eigenvalue weighted by molar-refractivity contribution is 0.142. The van der Waals surface area contributed by atoms with E-state index >= 15 is 0 Å². The lowest BCUT2D eigenvalue weighted by Crippen LogP contribution is -2.45. The average molecular weight is 265 g/mol. The van der Waals surface area contributed by atoms with Crippen molar-refractivity contribution in [3.8, 4) is 6.07 Å². The first-order valence-electron chi connectivity index (χ1n) is 7.95. The van der Waals surface area contributed by atoms with E-state index in [0.717, 1.165) is 25.6 Å². The Balaban J connectivity index is 2.24. The van der Waals surface area contributed by atoms with Crippen LogP contribution in [0.15, 0.2) is 0 Å². The monoisotopic (exact) mass is 265 g/mol. The van der Waals surface area contributed by atoms with Gasteiger partial charge >= 0.3 is 0 Å². The zero-order chi connectivity index (χ0) is 14.1. The van der Waals surface area contributed by atoms with E-state index in [0.29, 0.717) is 0 Å². The number of unbranched alkanes of at least 4 members (excludes halogenated alkanes) is 1. The van der Waals surface area contributed by atoms with Gasteiger partial charge in [0.25, 0.3) is 0 Å². The predicted molar refractivity (Wildman–Crippen MR) is 81.0 cm³/mol. The molecule has 1 unspecified atom stereocenters. The average Bonchev–Trinajstić information content (AvgIpc) is 2.42. The second-order valence-electron chi connectivity index (χ2n) is 6.45. The number of hydrogen-bond donors (Lipinski definition) is 1. The SMILES string of the molecule is CCNCC1CCCCN1CCCCC(C)(C)C#N. The van der Waals surface area contributed by atoms with Crippen LogP contribution in [-0.4, -0.2) is 37.1 Å². The molecule has 3 nitrogen and oxygen atoms in total. The Labute approximate surface area is 119 Å². The zero-order valence-corrected chi connectivity index (χ0v) is 13.0. The Hall–Kier alpha value is -0.590. The molecule has 1 N–H and O–H groups in total. The predicted octanol–water partition coefficient (Wildman–Crippen LogP) is 3.17. The Kier molecular flexibility index (Phi) is 7.41. The molecule has 0 aromatic carbocycles. The van der Waals surface area contributed by atoms with Crippen molar-refractivity contribution in [3.63, 3.8) is 0 Å². The number of rotatable bonds is 8. The number of likely N-dealkylation sites (tertiary alicyclic amines) is 1. The number of hydrogen-bond acceptors (Lipinski definition) is 3. The highest BCUT2D eigenvalue weighted by Crippen LogP contribution is 2.23. The molecular formula is C16H31N3. The van der Waals surface area contributed by atoms with Crippen LogP contribution >= 0.6 is 0 Å². The molecule has 1 aliphatic heterocycles. The third-order valence-electron chi connectivity index (χ3n) is 4.18. The minimum Gasteiger partial charge on any atom is -0.315 e. The van der Waals surface area contributed by atoms with Gasteiger partial charge in [-0.3, -0.25) is 4.90 Å². The zero-order valence-electron chi connectivity index (χ0n) is 13.0. The summed E-state index contributed by atoms with van der Waals surface area (Å²) in [5, 5.41) is 12.5. The topological polar surface area (TPSA) is 39.1 Å². The summed E-state index contributed by atoms with van der Waals surface area (Å²) in [6.07, 6.45) is 7.50. The summed E-state index contributed by atoms with van der Waals surface area (Å²) in [5.74, 6) is 0. The normalized spacial score (nSPS) is 21.3. The van der Waals surface area contributed by atoms with Crippen molar-refractivity contribution in [3.05, 3.63) is 0 Å². The molecule has 0 aliphatic carbocycles. The fourth-order valence-corrected chi connectivity index (χ4v) is 2.83. The van der Waals surface area contributed by atoms with Crippen molar-refractivity contribution in [1.82, 2.24) is 10.2 Å². The summed E-state index contributed by atoms with van der Waals surface area (Å²) >= 11 is 0. The molecule has 1 atom stereocenters. The highest BCUT2D eigenvalue weighted by molar-refractivity contribution is 4.91. The fourth-order valence-electron chi connectivity index (χ4n) is 2.83. The van der Waals surface area contributed by atoms with Gasteiger partial charge in [0.15, 0.2) is 0 Å². The van der Waals surface area contributed by atoms with E-state index in [1.165, 1.54) is 45.2 Å². The van der Waals surface area contributed by atoms with E-state index in [9.17, 15) is 0 Å². The maximum atomic E-state index is 9.01. The molecule has 0 aromatic heterocycles. The summed E-state index contributed by atoms with van der Waals surface area (Å²) in [4.78, 5) is 2.66. The minimum atomic E-state index is -0.148. The summed E-state index contributed by atoms with van der Waals surface area (Å²) in [6.45, 7) is 10.9. The van der Waals surface area contributed by atoms with Crippen LogP contribution in [-0.2, 0) is 0 Å². The number of nitriles is 1. The highest BCUT2D eigenvalue weighted by Gasteiger charge is 2.22. The quantitative estimate of drug-likeness (QED) is 0.685. The van der Waals surface area contributed by atoms with Crippen LogP contribution in [0.1, 0.15) is 59.3 Å². The van der Waals surface area contributed by atoms with E-state index in [4.69, 9.17) is 5.26 Å². The standard InChI is InChI=1S/C16H31N3/c1-4-18-13-15-9-5-7-11-19(15)12-8-6-10-16(2,3)14-17/h15,18H,4-13H2,1-3H3. The highest BCUT2D eigenvalue weighted by atomic mass is 15.2. The van der Waals surface area contributed by atoms with Crippen molar-refractivity contribution in [1.29, 1.82) is 5.26 Å².